The van der Waals surface area contributed by atoms with Crippen molar-refractivity contribution < 1.29 is 9.84 Å². The van der Waals surface area contributed by atoms with Crippen molar-refractivity contribution >= 4 is 0 Å². The van der Waals surface area contributed by atoms with Crippen LogP contribution in [0.25, 0.3) is 0 Å². The third kappa shape index (κ3) is 6.05. The number of rotatable bonds is 6. The Morgan fingerprint density at radius 2 is 2.20 bits per heavy atom. The van der Waals surface area contributed by atoms with Crippen molar-refractivity contribution in [1.29, 1.82) is 0 Å². The summed E-state index contributed by atoms with van der Waals surface area (Å²) in [4.78, 5) is 0. The average molecular weight is 145 g/mol. The van der Waals surface area contributed by atoms with Crippen molar-refractivity contribution in [2.75, 3.05) is 13.2 Å². The summed E-state index contributed by atoms with van der Waals surface area (Å²) in [7, 11) is 0. The van der Waals surface area contributed by atoms with Crippen LogP contribution >= 0.6 is 0 Å². The van der Waals surface area contributed by atoms with Crippen LogP contribution in [0.2, 0.25) is 0 Å². The largest absolute Gasteiger partial charge is 0.378 e. The predicted molar refractivity (Wildman–Crippen MR) is 40.5 cm³/mol. The minimum atomic E-state index is -0.0150. The third-order valence-corrected chi connectivity index (χ3v) is 1.39. The van der Waals surface area contributed by atoms with Gasteiger partial charge in [-0.15, -0.1) is 0 Å². The summed E-state index contributed by atoms with van der Waals surface area (Å²) in [5.74, 6) is 0. The molecule has 0 rings (SSSR count). The molecule has 2 nitrogen and oxygen atoms in total. The maximum Gasteiger partial charge on any atom is 0.0844 e. The molecule has 0 saturated heterocycles. The zero-order valence-electron chi connectivity index (χ0n) is 6.93. The molecule has 0 saturated carbocycles. The van der Waals surface area contributed by atoms with Gasteiger partial charge in [0.05, 0.1) is 12.7 Å². The fraction of sp³-hybridized carbons (Fsp3) is 1.00. The number of hydrogen-bond donors (Lipinski definition) is 0. The molecule has 0 heterocycles. The maximum absolute atomic E-state index is 9.99. The number of ether oxygens (including phenoxy) is 1. The SMILES string of the molecule is CCCC(C)OCCC[O]. The fourth-order valence-electron chi connectivity index (χ4n) is 0.833. The summed E-state index contributed by atoms with van der Waals surface area (Å²) in [5.41, 5.74) is 0. The van der Waals surface area contributed by atoms with Crippen LogP contribution in [0, 0.1) is 0 Å². The lowest BCUT2D eigenvalue weighted by atomic mass is 10.2. The van der Waals surface area contributed by atoms with E-state index in [-0.39, 0.29) is 6.61 Å². The van der Waals surface area contributed by atoms with Gasteiger partial charge < -0.3 is 4.74 Å². The summed E-state index contributed by atoms with van der Waals surface area (Å²) in [5, 5.41) is 9.99. The van der Waals surface area contributed by atoms with Crippen LogP contribution in [0.1, 0.15) is 33.1 Å². The summed E-state index contributed by atoms with van der Waals surface area (Å²) in [6.07, 6.45) is 3.22. The zero-order valence-corrected chi connectivity index (χ0v) is 6.93. The van der Waals surface area contributed by atoms with Gasteiger partial charge in [-0.05, 0) is 19.8 Å². The molecule has 0 aromatic heterocycles. The molecular formula is C8H17O2. The van der Waals surface area contributed by atoms with E-state index in [0.29, 0.717) is 19.1 Å². The Morgan fingerprint density at radius 1 is 1.50 bits per heavy atom. The van der Waals surface area contributed by atoms with Crippen LogP contribution in [-0.2, 0) is 9.84 Å². The van der Waals surface area contributed by atoms with Crippen molar-refractivity contribution in [3.63, 3.8) is 0 Å². The van der Waals surface area contributed by atoms with Gasteiger partial charge in [0.1, 0.15) is 0 Å². The monoisotopic (exact) mass is 145 g/mol. The maximum atomic E-state index is 9.99. The van der Waals surface area contributed by atoms with E-state index < -0.39 is 0 Å². The van der Waals surface area contributed by atoms with E-state index in [4.69, 9.17) is 4.74 Å². The molecule has 10 heavy (non-hydrogen) atoms. The lowest BCUT2D eigenvalue weighted by Gasteiger charge is -2.10. The lowest BCUT2D eigenvalue weighted by Crippen LogP contribution is -2.09. The highest BCUT2D eigenvalue weighted by atomic mass is 16.5. The first-order valence-corrected chi connectivity index (χ1v) is 4.01. The third-order valence-electron chi connectivity index (χ3n) is 1.39. The molecule has 61 valence electrons. The van der Waals surface area contributed by atoms with Crippen LogP contribution in [0.4, 0.5) is 0 Å². The van der Waals surface area contributed by atoms with E-state index in [1.807, 2.05) is 6.92 Å². The van der Waals surface area contributed by atoms with Crippen molar-refractivity contribution in [2.45, 2.75) is 39.2 Å². The highest BCUT2D eigenvalue weighted by Gasteiger charge is 1.98. The van der Waals surface area contributed by atoms with Crippen LogP contribution < -0.4 is 0 Å². The van der Waals surface area contributed by atoms with Crippen LogP contribution in [0.15, 0.2) is 0 Å². The van der Waals surface area contributed by atoms with Crippen molar-refractivity contribution in [3.8, 4) is 0 Å². The molecule has 0 fully saturated rings. The molecule has 0 bridgehead atoms. The van der Waals surface area contributed by atoms with Gasteiger partial charge in [0.15, 0.2) is 0 Å². The van der Waals surface area contributed by atoms with E-state index in [2.05, 4.69) is 6.92 Å². The van der Waals surface area contributed by atoms with Gasteiger partial charge in [-0.3, -0.25) is 0 Å². The van der Waals surface area contributed by atoms with Crippen molar-refractivity contribution in [2.24, 2.45) is 0 Å². The van der Waals surface area contributed by atoms with Crippen LogP contribution in [-0.4, -0.2) is 19.3 Å². The average Bonchev–Trinajstić information content (AvgIpc) is 1.89. The van der Waals surface area contributed by atoms with Crippen LogP contribution in [0.5, 0.6) is 0 Å². The second-order valence-corrected chi connectivity index (χ2v) is 2.53. The van der Waals surface area contributed by atoms with Gasteiger partial charge in [-0.1, -0.05) is 13.3 Å². The summed E-state index contributed by atoms with van der Waals surface area (Å²) in [6, 6.07) is 0. The lowest BCUT2D eigenvalue weighted by molar-refractivity contribution is 0.0433. The normalized spacial score (nSPS) is 13.5. The van der Waals surface area contributed by atoms with E-state index in [9.17, 15) is 5.11 Å². The van der Waals surface area contributed by atoms with E-state index in [1.54, 1.807) is 0 Å². The summed E-state index contributed by atoms with van der Waals surface area (Å²) in [6.45, 7) is 4.80. The smallest absolute Gasteiger partial charge is 0.0844 e. The quantitative estimate of drug-likeness (QED) is 0.526. The molecule has 1 radical (unpaired) electrons. The Bertz CT molecular complexity index is 64.3. The molecule has 0 aliphatic carbocycles. The van der Waals surface area contributed by atoms with E-state index in [1.165, 1.54) is 0 Å². The molecule has 0 amide bonds. The second kappa shape index (κ2) is 7.03. The molecule has 2 heteroatoms. The summed E-state index contributed by atoms with van der Waals surface area (Å²) < 4.78 is 5.32. The van der Waals surface area contributed by atoms with E-state index >= 15 is 0 Å². The number of hydrogen-bond acceptors (Lipinski definition) is 1. The van der Waals surface area contributed by atoms with Gasteiger partial charge >= 0.3 is 0 Å². The molecule has 0 aliphatic heterocycles. The predicted octanol–water partition coefficient (Wildman–Crippen LogP) is 2.01. The molecule has 0 N–H and O–H groups in total. The van der Waals surface area contributed by atoms with Gasteiger partial charge in [0.2, 0.25) is 0 Å². The molecule has 1 unspecified atom stereocenters. The first-order chi connectivity index (χ1) is 4.81. The fourth-order valence-corrected chi connectivity index (χ4v) is 0.833. The Balaban J connectivity index is 2.97. The van der Waals surface area contributed by atoms with Gasteiger partial charge in [0, 0.05) is 6.61 Å². The Labute approximate surface area is 63.2 Å². The van der Waals surface area contributed by atoms with Crippen molar-refractivity contribution in [3.05, 3.63) is 0 Å². The van der Waals surface area contributed by atoms with Gasteiger partial charge in [-0.2, -0.15) is 0 Å². The van der Waals surface area contributed by atoms with Gasteiger partial charge in [-0.25, -0.2) is 5.11 Å². The van der Waals surface area contributed by atoms with Crippen LogP contribution in [0.3, 0.4) is 0 Å². The highest BCUT2D eigenvalue weighted by molar-refractivity contribution is 4.47. The highest BCUT2D eigenvalue weighted by Crippen LogP contribution is 2.00. The minimum absolute atomic E-state index is 0.0150. The zero-order chi connectivity index (χ0) is 7.82. The summed E-state index contributed by atoms with van der Waals surface area (Å²) >= 11 is 0. The first-order valence-electron chi connectivity index (χ1n) is 4.01. The molecule has 0 aromatic rings. The topological polar surface area (TPSA) is 29.1 Å². The standard InChI is InChI=1S/C8H17O2/c1-3-5-8(2)10-7-4-6-9/h8H,3-7H2,1-2H3. The molecule has 0 aromatic carbocycles. The second-order valence-electron chi connectivity index (χ2n) is 2.53. The molecular weight excluding hydrogens is 128 g/mol. The molecule has 1 atom stereocenters. The molecule has 0 spiro atoms. The Hall–Kier alpha value is -0.0800. The molecule has 0 aliphatic rings. The first kappa shape index (κ1) is 9.92. The Morgan fingerprint density at radius 3 is 2.70 bits per heavy atom. The Kier molecular flexibility index (Phi) is 6.98. The minimum Gasteiger partial charge on any atom is -0.378 e. The van der Waals surface area contributed by atoms with E-state index in [0.717, 1.165) is 12.8 Å². The van der Waals surface area contributed by atoms with Gasteiger partial charge in [0.25, 0.3) is 0 Å². The van der Waals surface area contributed by atoms with Crippen molar-refractivity contribution in [1.82, 2.24) is 0 Å².